The monoisotopic (exact) mass is 334 g/mol. The minimum Gasteiger partial charge on any atom is -0.493 e. The molecule has 0 heterocycles. The Hall–Kier alpha value is -2.50. The SMILES string of the molecule is CCNC(=O)CNC(=O)/C=C/c1ccc(OCC(C)C)c(OC)c1. The second-order valence-electron chi connectivity index (χ2n) is 5.62. The molecule has 0 aliphatic carbocycles. The Morgan fingerprint density at radius 1 is 1.21 bits per heavy atom. The zero-order chi connectivity index (χ0) is 17.9. The van der Waals surface area contributed by atoms with Crippen molar-refractivity contribution < 1.29 is 19.1 Å². The van der Waals surface area contributed by atoms with E-state index in [0.717, 1.165) is 5.56 Å². The minimum atomic E-state index is -0.333. The standard InChI is InChI=1S/C18H26N2O4/c1-5-19-18(22)11-20-17(21)9-7-14-6-8-15(16(10-14)23-4)24-12-13(2)3/h6-10,13H,5,11-12H2,1-4H3,(H,19,22)(H,20,21)/b9-7+. The summed E-state index contributed by atoms with van der Waals surface area (Å²) in [4.78, 5) is 23.0. The maximum absolute atomic E-state index is 11.7. The van der Waals surface area contributed by atoms with Crippen LogP contribution in [0.1, 0.15) is 26.3 Å². The molecule has 0 aromatic heterocycles. The third kappa shape index (κ3) is 7.17. The summed E-state index contributed by atoms with van der Waals surface area (Å²) in [5.74, 6) is 1.15. The molecule has 0 radical (unpaired) electrons. The average Bonchev–Trinajstić information content (AvgIpc) is 2.56. The Morgan fingerprint density at radius 3 is 2.58 bits per heavy atom. The lowest BCUT2D eigenvalue weighted by molar-refractivity contribution is -0.123. The van der Waals surface area contributed by atoms with E-state index in [2.05, 4.69) is 24.5 Å². The van der Waals surface area contributed by atoms with E-state index in [9.17, 15) is 9.59 Å². The molecule has 1 aromatic carbocycles. The molecular formula is C18H26N2O4. The molecule has 0 saturated heterocycles. The first kappa shape index (κ1) is 19.5. The summed E-state index contributed by atoms with van der Waals surface area (Å²) in [5, 5.41) is 5.12. The first-order valence-electron chi connectivity index (χ1n) is 7.99. The summed E-state index contributed by atoms with van der Waals surface area (Å²) in [5.41, 5.74) is 0.803. The lowest BCUT2D eigenvalue weighted by atomic mass is 10.2. The van der Waals surface area contributed by atoms with Gasteiger partial charge in [0, 0.05) is 12.6 Å². The number of likely N-dealkylation sites (N-methyl/N-ethyl adjacent to an activating group) is 1. The first-order valence-corrected chi connectivity index (χ1v) is 7.99. The predicted molar refractivity (Wildman–Crippen MR) is 94.1 cm³/mol. The van der Waals surface area contributed by atoms with Crippen molar-refractivity contribution in [1.82, 2.24) is 10.6 Å². The normalized spacial score (nSPS) is 10.7. The second kappa shape index (κ2) is 10.3. The molecule has 1 aromatic rings. The van der Waals surface area contributed by atoms with Gasteiger partial charge in [-0.05, 0) is 36.6 Å². The smallest absolute Gasteiger partial charge is 0.244 e. The highest BCUT2D eigenvalue weighted by Crippen LogP contribution is 2.28. The van der Waals surface area contributed by atoms with Crippen molar-refractivity contribution in [2.75, 3.05) is 26.8 Å². The summed E-state index contributed by atoms with van der Waals surface area (Å²) >= 11 is 0. The fourth-order valence-electron chi connectivity index (χ4n) is 1.82. The zero-order valence-corrected chi connectivity index (χ0v) is 14.7. The van der Waals surface area contributed by atoms with Crippen LogP contribution in [0.5, 0.6) is 11.5 Å². The van der Waals surface area contributed by atoms with Crippen LogP contribution in [0.15, 0.2) is 24.3 Å². The summed E-state index contributed by atoms with van der Waals surface area (Å²) in [6.07, 6.45) is 3.03. The molecule has 0 unspecified atom stereocenters. The minimum absolute atomic E-state index is 0.0394. The van der Waals surface area contributed by atoms with Crippen molar-refractivity contribution in [1.29, 1.82) is 0 Å². The zero-order valence-electron chi connectivity index (χ0n) is 14.7. The molecule has 6 nitrogen and oxygen atoms in total. The highest BCUT2D eigenvalue weighted by atomic mass is 16.5. The number of benzene rings is 1. The van der Waals surface area contributed by atoms with Crippen molar-refractivity contribution in [3.63, 3.8) is 0 Å². The molecule has 0 spiro atoms. The molecule has 2 amide bonds. The highest BCUT2D eigenvalue weighted by molar-refractivity contribution is 5.94. The molecule has 0 saturated carbocycles. The molecule has 24 heavy (non-hydrogen) atoms. The van der Waals surface area contributed by atoms with Crippen LogP contribution in [0.25, 0.3) is 6.08 Å². The number of carbonyl (C=O) groups is 2. The van der Waals surface area contributed by atoms with Gasteiger partial charge in [-0.1, -0.05) is 19.9 Å². The van der Waals surface area contributed by atoms with Gasteiger partial charge in [-0.3, -0.25) is 9.59 Å². The van der Waals surface area contributed by atoms with Crippen LogP contribution in [-0.4, -0.2) is 38.6 Å². The maximum Gasteiger partial charge on any atom is 0.244 e. The summed E-state index contributed by atoms with van der Waals surface area (Å²) in [6, 6.07) is 5.45. The number of carbonyl (C=O) groups excluding carboxylic acids is 2. The van der Waals surface area contributed by atoms with Crippen LogP contribution in [0.3, 0.4) is 0 Å². The molecule has 0 atom stereocenters. The van der Waals surface area contributed by atoms with E-state index in [1.165, 1.54) is 6.08 Å². The number of amides is 2. The molecule has 0 bridgehead atoms. The molecule has 0 aliphatic rings. The number of rotatable bonds is 9. The number of ether oxygens (including phenoxy) is 2. The topological polar surface area (TPSA) is 76.7 Å². The molecule has 0 aliphatic heterocycles. The Balaban J connectivity index is 2.63. The first-order chi connectivity index (χ1) is 11.5. The molecule has 132 valence electrons. The van der Waals surface area contributed by atoms with Crippen LogP contribution >= 0.6 is 0 Å². The maximum atomic E-state index is 11.7. The van der Waals surface area contributed by atoms with Gasteiger partial charge in [0.1, 0.15) is 0 Å². The molecular weight excluding hydrogens is 308 g/mol. The third-order valence-corrected chi connectivity index (χ3v) is 2.98. The van der Waals surface area contributed by atoms with E-state index in [1.807, 2.05) is 19.1 Å². The average molecular weight is 334 g/mol. The van der Waals surface area contributed by atoms with Crippen molar-refractivity contribution in [2.45, 2.75) is 20.8 Å². The van der Waals surface area contributed by atoms with Crippen molar-refractivity contribution >= 4 is 17.9 Å². The van der Waals surface area contributed by atoms with Gasteiger partial charge in [0.2, 0.25) is 11.8 Å². The third-order valence-electron chi connectivity index (χ3n) is 2.98. The Morgan fingerprint density at radius 2 is 1.96 bits per heavy atom. The van der Waals surface area contributed by atoms with E-state index in [4.69, 9.17) is 9.47 Å². The predicted octanol–water partition coefficient (Wildman–Crippen LogP) is 2.00. The van der Waals surface area contributed by atoms with Crippen molar-refractivity contribution in [2.24, 2.45) is 5.92 Å². The molecule has 0 fully saturated rings. The van der Waals surface area contributed by atoms with Gasteiger partial charge in [-0.15, -0.1) is 0 Å². The Bertz CT molecular complexity index is 582. The van der Waals surface area contributed by atoms with E-state index in [1.54, 1.807) is 19.3 Å². The van der Waals surface area contributed by atoms with Crippen LogP contribution in [0.2, 0.25) is 0 Å². The largest absolute Gasteiger partial charge is 0.493 e. The lowest BCUT2D eigenvalue weighted by Gasteiger charge is -2.12. The fourth-order valence-corrected chi connectivity index (χ4v) is 1.82. The van der Waals surface area contributed by atoms with Crippen LogP contribution in [0.4, 0.5) is 0 Å². The Kier molecular flexibility index (Phi) is 8.39. The van der Waals surface area contributed by atoms with E-state index in [-0.39, 0.29) is 18.4 Å². The van der Waals surface area contributed by atoms with Crippen molar-refractivity contribution in [3.05, 3.63) is 29.8 Å². The van der Waals surface area contributed by atoms with Gasteiger partial charge >= 0.3 is 0 Å². The number of hydrogen-bond donors (Lipinski definition) is 2. The van der Waals surface area contributed by atoms with Gasteiger partial charge in [0.15, 0.2) is 11.5 Å². The number of hydrogen-bond acceptors (Lipinski definition) is 4. The quantitative estimate of drug-likeness (QED) is 0.677. The Labute approximate surface area is 143 Å². The van der Waals surface area contributed by atoms with Gasteiger partial charge in [-0.25, -0.2) is 0 Å². The molecule has 2 N–H and O–H groups in total. The van der Waals surface area contributed by atoms with Gasteiger partial charge < -0.3 is 20.1 Å². The van der Waals surface area contributed by atoms with E-state index < -0.39 is 0 Å². The molecule has 6 heteroatoms. The number of nitrogens with one attached hydrogen (secondary N) is 2. The van der Waals surface area contributed by atoms with E-state index >= 15 is 0 Å². The second-order valence-corrected chi connectivity index (χ2v) is 5.62. The van der Waals surface area contributed by atoms with Crippen LogP contribution in [-0.2, 0) is 9.59 Å². The summed E-state index contributed by atoms with van der Waals surface area (Å²) in [7, 11) is 1.57. The van der Waals surface area contributed by atoms with Crippen molar-refractivity contribution in [3.8, 4) is 11.5 Å². The lowest BCUT2D eigenvalue weighted by Crippen LogP contribution is -2.35. The number of methoxy groups -OCH3 is 1. The van der Waals surface area contributed by atoms with Crippen LogP contribution < -0.4 is 20.1 Å². The molecule has 1 rings (SSSR count). The van der Waals surface area contributed by atoms with E-state index in [0.29, 0.717) is 30.6 Å². The highest BCUT2D eigenvalue weighted by Gasteiger charge is 2.06. The fraction of sp³-hybridized carbons (Fsp3) is 0.444. The van der Waals surface area contributed by atoms with Gasteiger partial charge in [0.25, 0.3) is 0 Å². The summed E-state index contributed by atoms with van der Waals surface area (Å²) in [6.45, 7) is 7.07. The summed E-state index contributed by atoms with van der Waals surface area (Å²) < 4.78 is 11.0. The van der Waals surface area contributed by atoms with Gasteiger partial charge in [0.05, 0.1) is 20.3 Å². The van der Waals surface area contributed by atoms with Crippen LogP contribution in [0, 0.1) is 5.92 Å². The van der Waals surface area contributed by atoms with Gasteiger partial charge in [-0.2, -0.15) is 0 Å².